The van der Waals surface area contributed by atoms with E-state index in [-0.39, 0.29) is 0 Å². The molecule has 2 nitrogen and oxygen atoms in total. The van der Waals surface area contributed by atoms with E-state index in [4.69, 9.17) is 0 Å². The SMILES string of the molecule is CN(C)c1ccc(SSSc2ccc(N(C)C)cc2)cc1. The second-order valence-corrected chi connectivity index (χ2v) is 9.06. The van der Waals surface area contributed by atoms with Crippen molar-refractivity contribution in [2.75, 3.05) is 38.0 Å². The van der Waals surface area contributed by atoms with Gasteiger partial charge in [0.15, 0.2) is 0 Å². The molecule has 0 amide bonds. The van der Waals surface area contributed by atoms with Gasteiger partial charge >= 0.3 is 0 Å². The summed E-state index contributed by atoms with van der Waals surface area (Å²) in [7, 11) is 13.6. The van der Waals surface area contributed by atoms with Crippen LogP contribution in [-0.2, 0) is 0 Å². The van der Waals surface area contributed by atoms with E-state index in [2.05, 4.69) is 86.5 Å². The quantitative estimate of drug-likeness (QED) is 0.661. The number of hydrogen-bond acceptors (Lipinski definition) is 5. The highest BCUT2D eigenvalue weighted by Crippen LogP contribution is 2.44. The van der Waals surface area contributed by atoms with Gasteiger partial charge in [-0.3, -0.25) is 0 Å². The van der Waals surface area contributed by atoms with Crippen LogP contribution >= 0.6 is 31.4 Å². The van der Waals surface area contributed by atoms with E-state index in [1.807, 2.05) is 0 Å². The third kappa shape index (κ3) is 5.09. The number of anilines is 2. The first-order chi connectivity index (χ1) is 10.1. The van der Waals surface area contributed by atoms with Crippen LogP contribution in [0.25, 0.3) is 0 Å². The van der Waals surface area contributed by atoms with Gasteiger partial charge in [0.1, 0.15) is 0 Å². The smallest absolute Gasteiger partial charge is 0.0361 e. The molecule has 0 aromatic heterocycles. The Hall–Kier alpha value is -0.910. The number of hydrogen-bond donors (Lipinski definition) is 0. The van der Waals surface area contributed by atoms with Gasteiger partial charge in [0.2, 0.25) is 0 Å². The van der Waals surface area contributed by atoms with Crippen LogP contribution in [0.4, 0.5) is 11.4 Å². The van der Waals surface area contributed by atoms with Crippen molar-refractivity contribution >= 4 is 42.8 Å². The summed E-state index contributed by atoms with van der Waals surface area (Å²) in [5.41, 5.74) is 2.47. The molecule has 0 heterocycles. The maximum absolute atomic E-state index is 2.17. The van der Waals surface area contributed by atoms with Gasteiger partial charge in [0, 0.05) is 49.4 Å². The average molecular weight is 337 g/mol. The molecule has 0 fully saturated rings. The van der Waals surface area contributed by atoms with E-state index in [0.29, 0.717) is 0 Å². The fourth-order valence-corrected chi connectivity index (χ4v) is 5.34. The Morgan fingerprint density at radius 2 is 0.905 bits per heavy atom. The molecule has 112 valence electrons. The van der Waals surface area contributed by atoms with Crippen LogP contribution < -0.4 is 9.80 Å². The summed E-state index contributed by atoms with van der Waals surface area (Å²) in [6, 6.07) is 17.3. The summed E-state index contributed by atoms with van der Waals surface area (Å²) >= 11 is 0. The highest BCUT2D eigenvalue weighted by atomic mass is 33.5. The topological polar surface area (TPSA) is 6.48 Å². The van der Waals surface area contributed by atoms with Gasteiger partial charge in [-0.15, -0.1) is 0 Å². The van der Waals surface area contributed by atoms with Crippen molar-refractivity contribution in [1.82, 2.24) is 0 Å². The Morgan fingerprint density at radius 1 is 0.571 bits per heavy atom. The lowest BCUT2D eigenvalue weighted by Crippen LogP contribution is -2.07. The Morgan fingerprint density at radius 3 is 1.19 bits per heavy atom. The largest absolute Gasteiger partial charge is 0.378 e. The third-order valence-electron chi connectivity index (χ3n) is 2.97. The Labute approximate surface area is 139 Å². The summed E-state index contributed by atoms with van der Waals surface area (Å²) < 4.78 is 0. The molecule has 0 saturated carbocycles. The summed E-state index contributed by atoms with van der Waals surface area (Å²) in [6.45, 7) is 0. The van der Waals surface area contributed by atoms with Crippen molar-refractivity contribution in [1.29, 1.82) is 0 Å². The highest BCUT2D eigenvalue weighted by Gasteiger charge is 2.01. The normalized spacial score (nSPS) is 10.5. The molecule has 0 N–H and O–H groups in total. The molecule has 0 unspecified atom stereocenters. The lowest BCUT2D eigenvalue weighted by molar-refractivity contribution is 1.13. The van der Waals surface area contributed by atoms with E-state index >= 15 is 0 Å². The molecule has 0 radical (unpaired) electrons. The zero-order valence-corrected chi connectivity index (χ0v) is 15.2. The summed E-state index contributed by atoms with van der Waals surface area (Å²) in [4.78, 5) is 6.79. The Balaban J connectivity index is 1.83. The molecule has 2 aromatic rings. The maximum atomic E-state index is 2.17. The Bertz CT molecular complexity index is 499. The molecule has 2 aromatic carbocycles. The number of rotatable bonds is 6. The lowest BCUT2D eigenvalue weighted by Gasteiger charge is -2.12. The molecule has 0 aliphatic heterocycles. The molecule has 0 aliphatic rings. The average Bonchev–Trinajstić information content (AvgIpc) is 2.48. The van der Waals surface area contributed by atoms with Gasteiger partial charge in [-0.2, -0.15) is 0 Å². The van der Waals surface area contributed by atoms with Gasteiger partial charge in [0.05, 0.1) is 0 Å². The van der Waals surface area contributed by atoms with Crippen molar-refractivity contribution in [2.24, 2.45) is 0 Å². The Kier molecular flexibility index (Phi) is 6.21. The van der Waals surface area contributed by atoms with Gasteiger partial charge in [-0.25, -0.2) is 0 Å². The second kappa shape index (κ2) is 7.92. The lowest BCUT2D eigenvalue weighted by atomic mass is 10.3. The molecule has 2 rings (SSSR count). The minimum Gasteiger partial charge on any atom is -0.378 e. The van der Waals surface area contributed by atoms with E-state index in [9.17, 15) is 0 Å². The van der Waals surface area contributed by atoms with Crippen molar-refractivity contribution in [3.8, 4) is 0 Å². The zero-order valence-electron chi connectivity index (χ0n) is 12.7. The highest BCUT2D eigenvalue weighted by molar-refractivity contribution is 9.09. The van der Waals surface area contributed by atoms with E-state index in [1.165, 1.54) is 21.2 Å². The standard InChI is InChI=1S/C16H20N2S3/c1-17(2)13-5-9-15(10-6-13)19-21-20-16-11-7-14(8-12-16)18(3)4/h5-12H,1-4H3. The third-order valence-corrected chi connectivity index (χ3v) is 6.82. The molecule has 0 atom stereocenters. The number of benzene rings is 2. The van der Waals surface area contributed by atoms with Crippen LogP contribution in [-0.4, -0.2) is 28.2 Å². The van der Waals surface area contributed by atoms with Crippen LogP contribution in [0.1, 0.15) is 0 Å². The molecule has 0 aliphatic carbocycles. The van der Waals surface area contributed by atoms with Crippen molar-refractivity contribution in [2.45, 2.75) is 9.79 Å². The number of nitrogens with zero attached hydrogens (tertiary/aromatic N) is 2. The van der Waals surface area contributed by atoms with Crippen molar-refractivity contribution < 1.29 is 0 Å². The molecule has 5 heteroatoms. The summed E-state index contributed by atoms with van der Waals surface area (Å²) in [5.74, 6) is 0. The molecule has 0 bridgehead atoms. The first kappa shape index (κ1) is 16.5. The summed E-state index contributed by atoms with van der Waals surface area (Å²) in [6.07, 6.45) is 0. The minimum atomic E-state index is 1.23. The van der Waals surface area contributed by atoms with Crippen molar-refractivity contribution in [3.63, 3.8) is 0 Å². The monoisotopic (exact) mass is 336 g/mol. The van der Waals surface area contributed by atoms with Gasteiger partial charge in [-0.1, -0.05) is 0 Å². The fraction of sp³-hybridized carbons (Fsp3) is 0.250. The molecular formula is C16H20N2S3. The fourth-order valence-electron chi connectivity index (χ4n) is 1.70. The molecular weight excluding hydrogens is 316 g/mol. The van der Waals surface area contributed by atoms with E-state index < -0.39 is 0 Å². The van der Waals surface area contributed by atoms with Crippen LogP contribution in [0.2, 0.25) is 0 Å². The zero-order chi connectivity index (χ0) is 15.2. The van der Waals surface area contributed by atoms with Crippen molar-refractivity contribution in [3.05, 3.63) is 48.5 Å². The first-order valence-corrected chi connectivity index (χ1v) is 10.1. The van der Waals surface area contributed by atoms with Gasteiger partial charge in [0.25, 0.3) is 0 Å². The van der Waals surface area contributed by atoms with Crippen LogP contribution in [0, 0.1) is 0 Å². The van der Waals surface area contributed by atoms with Crippen LogP contribution in [0.15, 0.2) is 58.3 Å². The van der Waals surface area contributed by atoms with Gasteiger partial charge in [-0.05, 0) is 79.9 Å². The van der Waals surface area contributed by atoms with Crippen LogP contribution in [0.3, 0.4) is 0 Å². The van der Waals surface area contributed by atoms with E-state index in [0.717, 1.165) is 0 Å². The first-order valence-electron chi connectivity index (χ1n) is 6.62. The van der Waals surface area contributed by atoms with E-state index in [1.54, 1.807) is 31.4 Å². The predicted molar refractivity (Wildman–Crippen MR) is 101 cm³/mol. The molecule has 0 spiro atoms. The predicted octanol–water partition coefficient (Wildman–Crippen LogP) is 5.27. The maximum Gasteiger partial charge on any atom is 0.0361 e. The molecule has 0 saturated heterocycles. The van der Waals surface area contributed by atoms with Crippen LogP contribution in [0.5, 0.6) is 0 Å². The second-order valence-electron chi connectivity index (χ2n) is 5.01. The molecule has 21 heavy (non-hydrogen) atoms. The minimum absolute atomic E-state index is 1.23. The summed E-state index contributed by atoms with van der Waals surface area (Å²) in [5, 5.41) is 0. The van der Waals surface area contributed by atoms with Gasteiger partial charge < -0.3 is 9.80 Å².